The minimum atomic E-state index is -0.382. The number of rotatable bonds is 3. The molecule has 0 fully saturated rings. The summed E-state index contributed by atoms with van der Waals surface area (Å²) in [5.41, 5.74) is 2.52. The summed E-state index contributed by atoms with van der Waals surface area (Å²) in [5.74, 6) is -0.934. The Morgan fingerprint density at radius 3 is 2.79 bits per heavy atom. The van der Waals surface area contributed by atoms with Crippen LogP contribution in [0.5, 0.6) is 5.75 Å². The van der Waals surface area contributed by atoms with Crippen molar-refractivity contribution in [2.24, 2.45) is 0 Å². The van der Waals surface area contributed by atoms with Crippen LogP contribution in [0.15, 0.2) is 36.4 Å². The zero-order chi connectivity index (χ0) is 17.3. The maximum atomic E-state index is 12.5. The smallest absolute Gasteiger partial charge is 0.255 e. The van der Waals surface area contributed by atoms with Crippen LogP contribution in [0.25, 0.3) is 0 Å². The number of phenols is 1. The van der Waals surface area contributed by atoms with Crippen molar-refractivity contribution in [3.63, 3.8) is 0 Å². The summed E-state index contributed by atoms with van der Waals surface area (Å²) in [5, 5.41) is 16.3. The molecule has 1 atom stereocenters. The van der Waals surface area contributed by atoms with Gasteiger partial charge in [-0.3, -0.25) is 9.59 Å². The number of nitrogens with one attached hydrogen (secondary N) is 2. The molecule has 2 aromatic rings. The number of fused-ring (bicyclic) bond motifs is 1. The lowest BCUT2D eigenvalue weighted by atomic mass is 10.1. The van der Waals surface area contributed by atoms with E-state index in [0.717, 1.165) is 24.0 Å². The molecule has 5 nitrogen and oxygen atoms in total. The zero-order valence-electron chi connectivity index (χ0n) is 13.1. The summed E-state index contributed by atoms with van der Waals surface area (Å²) in [6.45, 7) is 1.34. The van der Waals surface area contributed by atoms with Crippen molar-refractivity contribution in [1.82, 2.24) is 5.32 Å². The number of hydrogen-bond donors (Lipinski definition) is 3. The first-order chi connectivity index (χ1) is 11.5. The molecule has 0 radical (unpaired) electrons. The van der Waals surface area contributed by atoms with Gasteiger partial charge in [-0.25, -0.2) is 0 Å². The van der Waals surface area contributed by atoms with Crippen LogP contribution in [0.1, 0.15) is 40.9 Å². The number of para-hydroxylation sites is 1. The third-order valence-electron chi connectivity index (χ3n) is 4.08. The molecule has 3 rings (SSSR count). The van der Waals surface area contributed by atoms with Crippen molar-refractivity contribution in [1.29, 1.82) is 0 Å². The van der Waals surface area contributed by atoms with E-state index in [1.807, 2.05) is 12.1 Å². The second-order valence-electron chi connectivity index (χ2n) is 5.79. The van der Waals surface area contributed by atoms with Gasteiger partial charge in [0, 0.05) is 11.9 Å². The van der Waals surface area contributed by atoms with Crippen LogP contribution in [-0.4, -0.2) is 16.9 Å². The van der Waals surface area contributed by atoms with Gasteiger partial charge in [0.25, 0.3) is 5.91 Å². The minimum absolute atomic E-state index is 0.117. The maximum absolute atomic E-state index is 12.5. The second kappa shape index (κ2) is 6.53. The molecule has 0 aromatic heterocycles. The Bertz CT molecular complexity index is 820. The van der Waals surface area contributed by atoms with Crippen LogP contribution in [0.2, 0.25) is 5.02 Å². The number of aryl methyl sites for hydroxylation is 1. The summed E-state index contributed by atoms with van der Waals surface area (Å²) in [6.07, 6.45) is 1.63. The molecule has 0 unspecified atom stereocenters. The molecule has 0 saturated heterocycles. The van der Waals surface area contributed by atoms with E-state index >= 15 is 0 Å². The quantitative estimate of drug-likeness (QED) is 0.746. The first-order valence-electron chi connectivity index (χ1n) is 7.64. The highest BCUT2D eigenvalue weighted by atomic mass is 35.5. The lowest BCUT2D eigenvalue weighted by Crippen LogP contribution is -2.27. The molecule has 0 aliphatic heterocycles. The number of hydrogen-bond acceptors (Lipinski definition) is 3. The molecule has 3 N–H and O–H groups in total. The van der Waals surface area contributed by atoms with E-state index in [9.17, 15) is 14.7 Å². The monoisotopic (exact) mass is 344 g/mol. The Balaban J connectivity index is 1.81. The molecular formula is C18H17ClN2O3. The van der Waals surface area contributed by atoms with Gasteiger partial charge in [0.2, 0.25) is 5.91 Å². The van der Waals surface area contributed by atoms with Gasteiger partial charge in [0.15, 0.2) is 5.75 Å². The Morgan fingerprint density at radius 1 is 1.25 bits per heavy atom. The van der Waals surface area contributed by atoms with E-state index in [0.29, 0.717) is 5.02 Å². The molecule has 124 valence electrons. The van der Waals surface area contributed by atoms with Gasteiger partial charge in [-0.05, 0) is 48.2 Å². The standard InChI is InChI=1S/C18H17ClN2O3/c1-10(22)20-16-4-2-3-14(17(16)23)18(24)21-15-8-5-11-9-12(19)6-7-13(11)15/h2-4,6-7,9,15,23H,5,8H2,1H3,(H,20,22)(H,21,24)/t15-/m1/s1. The van der Waals surface area contributed by atoms with Crippen LogP contribution in [0.3, 0.4) is 0 Å². The van der Waals surface area contributed by atoms with Gasteiger partial charge < -0.3 is 15.7 Å². The van der Waals surface area contributed by atoms with E-state index in [1.54, 1.807) is 18.2 Å². The molecule has 0 bridgehead atoms. The molecule has 2 amide bonds. The molecule has 0 heterocycles. The highest BCUT2D eigenvalue weighted by molar-refractivity contribution is 6.30. The van der Waals surface area contributed by atoms with Crippen molar-refractivity contribution >= 4 is 29.1 Å². The van der Waals surface area contributed by atoms with E-state index in [1.165, 1.54) is 13.0 Å². The predicted octanol–water partition coefficient (Wildman–Crippen LogP) is 3.42. The van der Waals surface area contributed by atoms with Crippen molar-refractivity contribution in [3.8, 4) is 5.75 Å². The number of amides is 2. The predicted molar refractivity (Wildman–Crippen MR) is 92.4 cm³/mol. The fraction of sp³-hybridized carbons (Fsp3) is 0.222. The summed E-state index contributed by atoms with van der Waals surface area (Å²) in [7, 11) is 0. The van der Waals surface area contributed by atoms with Crippen LogP contribution in [0.4, 0.5) is 5.69 Å². The van der Waals surface area contributed by atoms with Crippen LogP contribution in [0, 0.1) is 0 Å². The Kier molecular flexibility index (Phi) is 4.44. The Morgan fingerprint density at radius 2 is 2.04 bits per heavy atom. The third kappa shape index (κ3) is 3.21. The lowest BCUT2D eigenvalue weighted by Gasteiger charge is -2.16. The van der Waals surface area contributed by atoms with E-state index in [4.69, 9.17) is 11.6 Å². The molecule has 6 heteroatoms. The normalized spacial score (nSPS) is 15.7. The fourth-order valence-corrected chi connectivity index (χ4v) is 3.18. The number of phenolic OH excluding ortho intramolecular Hbond substituents is 1. The molecule has 0 saturated carbocycles. The average Bonchev–Trinajstić information content (AvgIpc) is 2.91. The maximum Gasteiger partial charge on any atom is 0.255 e. The number of carbonyl (C=O) groups excluding carboxylic acids is 2. The van der Waals surface area contributed by atoms with Gasteiger partial charge in [-0.2, -0.15) is 0 Å². The largest absolute Gasteiger partial charge is 0.505 e. The van der Waals surface area contributed by atoms with E-state index < -0.39 is 0 Å². The summed E-state index contributed by atoms with van der Waals surface area (Å²) < 4.78 is 0. The topological polar surface area (TPSA) is 78.4 Å². The first-order valence-corrected chi connectivity index (χ1v) is 8.02. The number of benzene rings is 2. The lowest BCUT2D eigenvalue weighted by molar-refractivity contribution is -0.114. The summed E-state index contributed by atoms with van der Waals surface area (Å²) in [6, 6.07) is 10.2. The van der Waals surface area contributed by atoms with Gasteiger partial charge in [-0.1, -0.05) is 23.7 Å². The molecular weight excluding hydrogens is 328 g/mol. The summed E-state index contributed by atoms with van der Waals surface area (Å²) in [4.78, 5) is 23.7. The number of anilines is 1. The zero-order valence-corrected chi connectivity index (χ0v) is 13.9. The van der Waals surface area contributed by atoms with Crippen molar-refractivity contribution < 1.29 is 14.7 Å². The molecule has 0 spiro atoms. The highest BCUT2D eigenvalue weighted by Crippen LogP contribution is 2.34. The van der Waals surface area contributed by atoms with Gasteiger partial charge >= 0.3 is 0 Å². The van der Waals surface area contributed by atoms with Gasteiger partial charge in [-0.15, -0.1) is 0 Å². The summed E-state index contributed by atoms with van der Waals surface area (Å²) >= 11 is 6.00. The first kappa shape index (κ1) is 16.3. The fourth-order valence-electron chi connectivity index (χ4n) is 2.99. The number of carbonyl (C=O) groups is 2. The van der Waals surface area contributed by atoms with Crippen LogP contribution < -0.4 is 10.6 Å². The average molecular weight is 345 g/mol. The van der Waals surface area contributed by atoms with Crippen LogP contribution in [-0.2, 0) is 11.2 Å². The minimum Gasteiger partial charge on any atom is -0.505 e. The highest BCUT2D eigenvalue weighted by Gasteiger charge is 2.25. The molecule has 1 aliphatic carbocycles. The molecule has 24 heavy (non-hydrogen) atoms. The molecule has 2 aromatic carbocycles. The van der Waals surface area contributed by atoms with E-state index in [-0.39, 0.29) is 34.9 Å². The Labute approximate surface area is 144 Å². The Hall–Kier alpha value is -2.53. The van der Waals surface area contributed by atoms with Crippen molar-refractivity contribution in [3.05, 3.63) is 58.1 Å². The van der Waals surface area contributed by atoms with Gasteiger partial charge in [0.05, 0.1) is 17.3 Å². The van der Waals surface area contributed by atoms with E-state index in [2.05, 4.69) is 10.6 Å². The second-order valence-corrected chi connectivity index (χ2v) is 6.23. The SMILES string of the molecule is CC(=O)Nc1cccc(C(=O)N[C@@H]2CCc3cc(Cl)ccc32)c1O. The van der Waals surface area contributed by atoms with Crippen LogP contribution >= 0.6 is 11.6 Å². The van der Waals surface area contributed by atoms with Crippen molar-refractivity contribution in [2.45, 2.75) is 25.8 Å². The number of aromatic hydroxyl groups is 1. The third-order valence-corrected chi connectivity index (χ3v) is 4.31. The van der Waals surface area contributed by atoms with Gasteiger partial charge in [0.1, 0.15) is 0 Å². The molecule has 1 aliphatic rings. The van der Waals surface area contributed by atoms with Crippen molar-refractivity contribution in [2.75, 3.05) is 5.32 Å². The number of halogens is 1.